The number of aromatic hydroxyl groups is 1. The molecule has 0 aliphatic rings. The van der Waals surface area contributed by atoms with Crippen LogP contribution in [0, 0.1) is 0 Å². The van der Waals surface area contributed by atoms with E-state index in [-0.39, 0.29) is 22.2 Å². The number of anilines is 1. The number of hydrogen-bond donors (Lipinski definition) is 3. The summed E-state index contributed by atoms with van der Waals surface area (Å²) < 4.78 is 5.35. The van der Waals surface area contributed by atoms with Crippen LogP contribution < -0.4 is 15.4 Å². The molecule has 0 radical (unpaired) electrons. The van der Waals surface area contributed by atoms with E-state index in [2.05, 4.69) is 31.4 Å². The fraction of sp³-hybridized carbons (Fsp3) is 0.300. The minimum Gasteiger partial charge on any atom is -0.506 e. The maximum atomic E-state index is 12.3. The van der Waals surface area contributed by atoms with Crippen LogP contribution in [0.4, 0.5) is 5.69 Å². The molecule has 0 atom stereocenters. The van der Waals surface area contributed by atoms with E-state index in [9.17, 15) is 9.90 Å². The number of phenols is 1. The molecule has 0 spiro atoms. The first-order valence-corrected chi connectivity index (χ1v) is 8.80. The molecule has 2 aromatic rings. The zero-order valence-corrected chi connectivity index (χ0v) is 16.2. The Balaban J connectivity index is 2.05. The molecule has 0 saturated heterocycles. The Morgan fingerprint density at radius 1 is 1.15 bits per heavy atom. The number of carbonyl (C=O) groups is 1. The predicted octanol–water partition coefficient (Wildman–Crippen LogP) is 4.22. The van der Waals surface area contributed by atoms with Gasteiger partial charge in [0.25, 0.3) is 5.91 Å². The van der Waals surface area contributed by atoms with Crippen molar-refractivity contribution < 1.29 is 14.6 Å². The molecule has 0 bridgehead atoms. The molecule has 0 aromatic heterocycles. The number of carbonyl (C=O) groups excluding carboxylic acids is 1. The van der Waals surface area contributed by atoms with Crippen molar-refractivity contribution in [3.63, 3.8) is 0 Å². The Hall–Kier alpha value is -2.60. The lowest BCUT2D eigenvalue weighted by molar-refractivity contribution is 0.0977. The SMILES string of the molecule is CCOc1ccc(C(=O)NC(=S)Nc2cc(C(C)(C)C)ccc2O)cc1. The monoisotopic (exact) mass is 372 g/mol. The van der Waals surface area contributed by atoms with Gasteiger partial charge in [0, 0.05) is 5.56 Å². The van der Waals surface area contributed by atoms with Crippen molar-refractivity contribution in [2.45, 2.75) is 33.1 Å². The Morgan fingerprint density at radius 2 is 1.81 bits per heavy atom. The number of nitrogens with one attached hydrogen (secondary N) is 2. The van der Waals surface area contributed by atoms with E-state index in [0.29, 0.717) is 23.6 Å². The molecule has 26 heavy (non-hydrogen) atoms. The molecule has 0 heterocycles. The molecule has 2 aromatic carbocycles. The molecule has 1 amide bonds. The first kappa shape index (κ1) is 19.7. The van der Waals surface area contributed by atoms with Gasteiger partial charge in [0.05, 0.1) is 12.3 Å². The Bertz CT molecular complexity index is 796. The quantitative estimate of drug-likeness (QED) is 0.554. The Morgan fingerprint density at radius 3 is 2.38 bits per heavy atom. The van der Waals surface area contributed by atoms with Crippen LogP contribution >= 0.6 is 12.2 Å². The molecular formula is C20H24N2O3S. The maximum absolute atomic E-state index is 12.3. The van der Waals surface area contributed by atoms with Gasteiger partial charge in [-0.1, -0.05) is 26.8 Å². The summed E-state index contributed by atoms with van der Waals surface area (Å²) in [4.78, 5) is 12.3. The van der Waals surface area contributed by atoms with Gasteiger partial charge in [-0.3, -0.25) is 10.1 Å². The van der Waals surface area contributed by atoms with Gasteiger partial charge >= 0.3 is 0 Å². The van der Waals surface area contributed by atoms with Crippen molar-refractivity contribution in [2.75, 3.05) is 11.9 Å². The summed E-state index contributed by atoms with van der Waals surface area (Å²) >= 11 is 5.20. The van der Waals surface area contributed by atoms with Gasteiger partial charge < -0.3 is 15.2 Å². The minimum absolute atomic E-state index is 0.0654. The second-order valence-corrected chi connectivity index (χ2v) is 7.26. The summed E-state index contributed by atoms with van der Waals surface area (Å²) in [6.07, 6.45) is 0. The van der Waals surface area contributed by atoms with E-state index in [4.69, 9.17) is 17.0 Å². The Kier molecular flexibility index (Phi) is 6.21. The van der Waals surface area contributed by atoms with Gasteiger partial charge in [-0.2, -0.15) is 0 Å². The van der Waals surface area contributed by atoms with Gasteiger partial charge in [-0.15, -0.1) is 0 Å². The lowest BCUT2D eigenvalue weighted by Gasteiger charge is -2.21. The molecule has 6 heteroatoms. The summed E-state index contributed by atoms with van der Waals surface area (Å²) in [5, 5.41) is 15.6. The molecule has 0 unspecified atom stereocenters. The summed E-state index contributed by atoms with van der Waals surface area (Å²) in [7, 11) is 0. The zero-order valence-electron chi connectivity index (χ0n) is 15.4. The molecule has 3 N–H and O–H groups in total. The maximum Gasteiger partial charge on any atom is 0.257 e. The fourth-order valence-corrected chi connectivity index (χ4v) is 2.50. The molecule has 0 aliphatic carbocycles. The van der Waals surface area contributed by atoms with Gasteiger partial charge in [0.1, 0.15) is 11.5 Å². The van der Waals surface area contributed by atoms with Crippen LogP contribution in [0.15, 0.2) is 42.5 Å². The first-order chi connectivity index (χ1) is 12.2. The molecule has 0 aliphatic heterocycles. The average molecular weight is 372 g/mol. The lowest BCUT2D eigenvalue weighted by atomic mass is 9.87. The molecule has 0 fully saturated rings. The number of hydrogen-bond acceptors (Lipinski definition) is 4. The van der Waals surface area contributed by atoms with E-state index in [1.54, 1.807) is 30.3 Å². The highest BCUT2D eigenvalue weighted by atomic mass is 32.1. The van der Waals surface area contributed by atoms with E-state index >= 15 is 0 Å². The number of rotatable bonds is 4. The third-order valence-electron chi connectivity index (χ3n) is 3.77. The lowest BCUT2D eigenvalue weighted by Crippen LogP contribution is -2.34. The normalized spacial score (nSPS) is 10.9. The minimum atomic E-state index is -0.336. The number of ether oxygens (including phenoxy) is 1. The van der Waals surface area contributed by atoms with Gasteiger partial charge in [-0.05, 0) is 66.5 Å². The van der Waals surface area contributed by atoms with Crippen molar-refractivity contribution in [1.29, 1.82) is 0 Å². The van der Waals surface area contributed by atoms with Crippen LogP contribution in [0.1, 0.15) is 43.6 Å². The standard InChI is InChI=1S/C20H24N2O3S/c1-5-25-15-9-6-13(7-10-15)18(24)22-19(26)21-16-12-14(20(2,3)4)8-11-17(16)23/h6-12,23H,5H2,1-4H3,(H2,21,22,24,26). The van der Waals surface area contributed by atoms with Crippen molar-refractivity contribution in [2.24, 2.45) is 0 Å². The molecule has 5 nitrogen and oxygen atoms in total. The van der Waals surface area contributed by atoms with Gasteiger partial charge in [-0.25, -0.2) is 0 Å². The van der Waals surface area contributed by atoms with Gasteiger partial charge in [0.2, 0.25) is 0 Å². The van der Waals surface area contributed by atoms with Crippen molar-refractivity contribution in [1.82, 2.24) is 5.32 Å². The van der Waals surface area contributed by atoms with E-state index in [1.165, 1.54) is 0 Å². The highest BCUT2D eigenvalue weighted by Gasteiger charge is 2.16. The topological polar surface area (TPSA) is 70.6 Å². The van der Waals surface area contributed by atoms with Gasteiger partial charge in [0.15, 0.2) is 5.11 Å². The molecule has 0 saturated carbocycles. The second kappa shape index (κ2) is 8.19. The van der Waals surface area contributed by atoms with Crippen molar-refractivity contribution in [3.8, 4) is 11.5 Å². The molecule has 138 valence electrons. The largest absolute Gasteiger partial charge is 0.506 e. The smallest absolute Gasteiger partial charge is 0.257 e. The van der Waals surface area contributed by atoms with E-state index in [1.807, 2.05) is 19.1 Å². The second-order valence-electron chi connectivity index (χ2n) is 6.85. The summed E-state index contributed by atoms with van der Waals surface area (Å²) in [5.41, 5.74) is 1.88. The van der Waals surface area contributed by atoms with Crippen LogP contribution in [0.5, 0.6) is 11.5 Å². The van der Waals surface area contributed by atoms with Crippen LogP contribution in [-0.4, -0.2) is 22.7 Å². The van der Waals surface area contributed by atoms with Crippen molar-refractivity contribution in [3.05, 3.63) is 53.6 Å². The van der Waals surface area contributed by atoms with E-state index in [0.717, 1.165) is 5.56 Å². The van der Waals surface area contributed by atoms with Crippen LogP contribution in [0.25, 0.3) is 0 Å². The average Bonchev–Trinajstić information content (AvgIpc) is 2.56. The third kappa shape index (κ3) is 5.20. The van der Waals surface area contributed by atoms with Crippen LogP contribution in [0.3, 0.4) is 0 Å². The Labute approximate surface area is 159 Å². The summed E-state index contributed by atoms with van der Waals surface area (Å²) in [6.45, 7) is 8.70. The molecular weight excluding hydrogens is 348 g/mol. The molecule has 2 rings (SSSR count). The number of benzene rings is 2. The zero-order chi connectivity index (χ0) is 19.3. The van der Waals surface area contributed by atoms with E-state index < -0.39 is 0 Å². The van der Waals surface area contributed by atoms with Crippen LogP contribution in [0.2, 0.25) is 0 Å². The predicted molar refractivity (Wildman–Crippen MR) is 108 cm³/mol. The highest BCUT2D eigenvalue weighted by Crippen LogP contribution is 2.30. The fourth-order valence-electron chi connectivity index (χ4n) is 2.30. The first-order valence-electron chi connectivity index (χ1n) is 8.39. The number of thiocarbonyl (C=S) groups is 1. The summed E-state index contributed by atoms with van der Waals surface area (Å²) in [6, 6.07) is 12.1. The van der Waals surface area contributed by atoms with Crippen LogP contribution in [-0.2, 0) is 5.41 Å². The van der Waals surface area contributed by atoms with Crippen molar-refractivity contribution >= 4 is 28.9 Å². The number of phenolic OH excluding ortho intramolecular Hbond substituents is 1. The highest BCUT2D eigenvalue weighted by molar-refractivity contribution is 7.80. The third-order valence-corrected chi connectivity index (χ3v) is 3.97. The summed E-state index contributed by atoms with van der Waals surface area (Å²) in [5.74, 6) is 0.432. The number of amides is 1.